The Morgan fingerprint density at radius 2 is 1.89 bits per heavy atom. The van der Waals surface area contributed by atoms with Crippen molar-refractivity contribution in [2.45, 2.75) is 32.2 Å². The lowest BCUT2D eigenvalue weighted by Gasteiger charge is -2.12. The van der Waals surface area contributed by atoms with Crippen molar-refractivity contribution >= 4 is 10.8 Å². The molecule has 2 rings (SSSR count). The van der Waals surface area contributed by atoms with Gasteiger partial charge in [0.25, 0.3) is 0 Å². The van der Waals surface area contributed by atoms with Gasteiger partial charge in [0.15, 0.2) is 0 Å². The van der Waals surface area contributed by atoms with Crippen LogP contribution >= 0.6 is 0 Å². The highest BCUT2D eigenvalue weighted by molar-refractivity contribution is 5.85. The van der Waals surface area contributed by atoms with Crippen molar-refractivity contribution in [3.8, 4) is 11.8 Å². The van der Waals surface area contributed by atoms with Gasteiger partial charge >= 0.3 is 0 Å². The smallest absolute Gasteiger partial charge is 0.0103 e. The van der Waals surface area contributed by atoms with Crippen LogP contribution in [0.15, 0.2) is 42.5 Å². The van der Waals surface area contributed by atoms with E-state index in [0.717, 1.165) is 19.3 Å². The van der Waals surface area contributed by atoms with Crippen LogP contribution in [0.5, 0.6) is 0 Å². The minimum Gasteiger partial charge on any atom is -0.327 e. The SMILES string of the molecule is CC#CCCC(N)Cc1cccc2ccccc12. The van der Waals surface area contributed by atoms with E-state index in [1.165, 1.54) is 16.3 Å². The fraction of sp³-hybridized carbons (Fsp3) is 0.294. The number of hydrogen-bond donors (Lipinski definition) is 1. The first kappa shape index (κ1) is 12.7. The van der Waals surface area contributed by atoms with Crippen molar-refractivity contribution in [2.24, 2.45) is 5.73 Å². The average Bonchev–Trinajstić information content (AvgIpc) is 2.39. The molecule has 0 fully saturated rings. The third kappa shape index (κ3) is 3.12. The maximum Gasteiger partial charge on any atom is 0.0103 e. The summed E-state index contributed by atoms with van der Waals surface area (Å²) in [5, 5.41) is 2.60. The summed E-state index contributed by atoms with van der Waals surface area (Å²) < 4.78 is 0. The first-order valence-electron chi connectivity index (χ1n) is 6.43. The molecule has 0 aliphatic heterocycles. The topological polar surface area (TPSA) is 26.0 Å². The molecule has 1 heteroatoms. The van der Waals surface area contributed by atoms with Gasteiger partial charge in [-0.1, -0.05) is 42.5 Å². The van der Waals surface area contributed by atoms with Gasteiger partial charge in [-0.25, -0.2) is 0 Å². The van der Waals surface area contributed by atoms with E-state index in [0.29, 0.717) is 0 Å². The van der Waals surface area contributed by atoms with Crippen molar-refractivity contribution in [3.63, 3.8) is 0 Å². The van der Waals surface area contributed by atoms with E-state index in [1.807, 2.05) is 6.92 Å². The lowest BCUT2D eigenvalue weighted by molar-refractivity contribution is 0.625. The molecule has 0 bridgehead atoms. The van der Waals surface area contributed by atoms with Crippen LogP contribution in [0.3, 0.4) is 0 Å². The van der Waals surface area contributed by atoms with E-state index < -0.39 is 0 Å². The number of fused-ring (bicyclic) bond motifs is 1. The summed E-state index contributed by atoms with van der Waals surface area (Å²) in [6.45, 7) is 1.87. The molecule has 92 valence electrons. The minimum absolute atomic E-state index is 0.191. The van der Waals surface area contributed by atoms with Crippen molar-refractivity contribution in [1.29, 1.82) is 0 Å². The molecule has 0 saturated carbocycles. The molecular formula is C17H19N. The van der Waals surface area contributed by atoms with Gasteiger partial charge in [-0.2, -0.15) is 0 Å². The third-order valence-electron chi connectivity index (χ3n) is 3.18. The summed E-state index contributed by atoms with van der Waals surface area (Å²) >= 11 is 0. The molecule has 1 unspecified atom stereocenters. The summed E-state index contributed by atoms with van der Waals surface area (Å²) in [6.07, 6.45) is 2.78. The Morgan fingerprint density at radius 1 is 1.11 bits per heavy atom. The standard InChI is InChI=1S/C17H19N/c1-2-3-4-11-16(18)13-15-10-7-9-14-8-5-6-12-17(14)15/h5-10,12,16H,4,11,13,18H2,1H3. The molecule has 0 saturated heterocycles. The lowest BCUT2D eigenvalue weighted by Crippen LogP contribution is -2.22. The maximum atomic E-state index is 6.17. The number of hydrogen-bond acceptors (Lipinski definition) is 1. The van der Waals surface area contributed by atoms with Crippen molar-refractivity contribution < 1.29 is 0 Å². The zero-order valence-electron chi connectivity index (χ0n) is 10.8. The molecule has 2 aromatic carbocycles. The van der Waals surface area contributed by atoms with Crippen molar-refractivity contribution in [1.82, 2.24) is 0 Å². The van der Waals surface area contributed by atoms with Gasteiger partial charge in [0, 0.05) is 12.5 Å². The fourth-order valence-electron chi connectivity index (χ4n) is 2.24. The van der Waals surface area contributed by atoms with Gasteiger partial charge in [-0.05, 0) is 36.1 Å². The zero-order chi connectivity index (χ0) is 12.8. The Hall–Kier alpha value is -1.78. The van der Waals surface area contributed by atoms with Crippen LogP contribution in [0.1, 0.15) is 25.3 Å². The third-order valence-corrected chi connectivity index (χ3v) is 3.18. The molecule has 0 aliphatic rings. The highest BCUT2D eigenvalue weighted by Crippen LogP contribution is 2.20. The molecule has 0 aromatic heterocycles. The van der Waals surface area contributed by atoms with Crippen molar-refractivity contribution in [2.75, 3.05) is 0 Å². The highest BCUT2D eigenvalue weighted by Gasteiger charge is 2.06. The van der Waals surface area contributed by atoms with Crippen molar-refractivity contribution in [3.05, 3.63) is 48.0 Å². The Bertz CT molecular complexity index is 569. The molecule has 0 spiro atoms. The molecule has 1 atom stereocenters. The number of rotatable bonds is 4. The Morgan fingerprint density at radius 3 is 2.72 bits per heavy atom. The Kier molecular flexibility index (Phi) is 4.39. The van der Waals surface area contributed by atoms with Gasteiger partial charge < -0.3 is 5.73 Å². The number of benzene rings is 2. The van der Waals surface area contributed by atoms with Crippen LogP contribution in [-0.4, -0.2) is 6.04 Å². The normalized spacial score (nSPS) is 11.9. The van der Waals surface area contributed by atoms with Crippen LogP contribution in [0.2, 0.25) is 0 Å². The monoisotopic (exact) mass is 237 g/mol. The fourth-order valence-corrected chi connectivity index (χ4v) is 2.24. The molecular weight excluding hydrogens is 218 g/mol. The van der Waals surface area contributed by atoms with E-state index in [1.54, 1.807) is 0 Å². The summed E-state index contributed by atoms with van der Waals surface area (Å²) in [7, 11) is 0. The van der Waals surface area contributed by atoms with Crippen LogP contribution in [-0.2, 0) is 6.42 Å². The Balaban J connectivity index is 2.13. The quantitative estimate of drug-likeness (QED) is 0.809. The molecule has 2 aromatic rings. The number of nitrogens with two attached hydrogens (primary N) is 1. The van der Waals surface area contributed by atoms with Gasteiger partial charge in [0.2, 0.25) is 0 Å². The molecule has 0 amide bonds. The Labute approximate surface area is 109 Å². The molecule has 1 nitrogen and oxygen atoms in total. The van der Waals surface area contributed by atoms with E-state index in [-0.39, 0.29) is 6.04 Å². The van der Waals surface area contributed by atoms with E-state index in [4.69, 9.17) is 5.73 Å². The second-order valence-corrected chi connectivity index (χ2v) is 4.57. The van der Waals surface area contributed by atoms with Gasteiger partial charge in [-0.3, -0.25) is 0 Å². The second-order valence-electron chi connectivity index (χ2n) is 4.57. The molecule has 2 N–H and O–H groups in total. The van der Waals surface area contributed by atoms with Gasteiger partial charge in [0.05, 0.1) is 0 Å². The van der Waals surface area contributed by atoms with E-state index >= 15 is 0 Å². The second kappa shape index (κ2) is 6.23. The van der Waals surface area contributed by atoms with Crippen LogP contribution in [0, 0.1) is 11.8 Å². The average molecular weight is 237 g/mol. The highest BCUT2D eigenvalue weighted by atomic mass is 14.6. The summed E-state index contributed by atoms with van der Waals surface area (Å²) in [5.74, 6) is 5.98. The van der Waals surface area contributed by atoms with Gasteiger partial charge in [0.1, 0.15) is 0 Å². The summed E-state index contributed by atoms with van der Waals surface area (Å²) in [4.78, 5) is 0. The van der Waals surface area contributed by atoms with Crippen LogP contribution in [0.4, 0.5) is 0 Å². The predicted molar refractivity (Wildman–Crippen MR) is 78.3 cm³/mol. The minimum atomic E-state index is 0.191. The molecule has 0 aliphatic carbocycles. The summed E-state index contributed by atoms with van der Waals surface area (Å²) in [5.41, 5.74) is 7.51. The zero-order valence-corrected chi connectivity index (χ0v) is 10.8. The molecule has 0 heterocycles. The van der Waals surface area contributed by atoms with Crippen LogP contribution in [0.25, 0.3) is 10.8 Å². The molecule has 0 radical (unpaired) electrons. The largest absolute Gasteiger partial charge is 0.327 e. The van der Waals surface area contributed by atoms with E-state index in [2.05, 4.69) is 54.3 Å². The maximum absolute atomic E-state index is 6.17. The molecule has 18 heavy (non-hydrogen) atoms. The van der Waals surface area contributed by atoms with E-state index in [9.17, 15) is 0 Å². The van der Waals surface area contributed by atoms with Crippen LogP contribution < -0.4 is 5.73 Å². The summed E-state index contributed by atoms with van der Waals surface area (Å²) in [6, 6.07) is 15.1. The first-order chi connectivity index (χ1) is 8.81. The van der Waals surface area contributed by atoms with Gasteiger partial charge in [-0.15, -0.1) is 11.8 Å². The lowest BCUT2D eigenvalue weighted by atomic mass is 9.97. The first-order valence-corrected chi connectivity index (χ1v) is 6.43. The predicted octanol–water partition coefficient (Wildman–Crippen LogP) is 3.51.